The molecule has 0 bridgehead atoms. The quantitative estimate of drug-likeness (QED) is 0.862. The molecular formula is C14H16ClNO4. The summed E-state index contributed by atoms with van der Waals surface area (Å²) < 4.78 is 10.1. The lowest BCUT2D eigenvalue weighted by molar-refractivity contribution is -0.146. The van der Waals surface area contributed by atoms with Crippen LogP contribution in [0.2, 0.25) is 5.02 Å². The average molecular weight is 298 g/mol. The van der Waals surface area contributed by atoms with E-state index in [4.69, 9.17) is 21.1 Å². The van der Waals surface area contributed by atoms with Gasteiger partial charge < -0.3 is 14.8 Å². The Kier molecular flexibility index (Phi) is 4.49. The molecule has 0 aliphatic carbocycles. The first-order chi connectivity index (χ1) is 9.56. The van der Waals surface area contributed by atoms with E-state index < -0.39 is 12.0 Å². The third kappa shape index (κ3) is 2.88. The number of halogens is 1. The Bertz CT molecular complexity index is 532. The number of nitrogens with one attached hydrogen (secondary N) is 1. The molecule has 1 aromatic carbocycles. The molecule has 20 heavy (non-hydrogen) atoms. The fourth-order valence-electron chi connectivity index (χ4n) is 2.33. The van der Waals surface area contributed by atoms with Gasteiger partial charge in [0.2, 0.25) is 5.91 Å². The number of ether oxygens (including phenoxy) is 2. The molecule has 2 rings (SSSR count). The maximum Gasteiger partial charge on any atom is 0.329 e. The first-order valence-electron chi connectivity index (χ1n) is 6.36. The number of hydrogen-bond acceptors (Lipinski definition) is 4. The van der Waals surface area contributed by atoms with Gasteiger partial charge in [-0.15, -0.1) is 0 Å². The van der Waals surface area contributed by atoms with E-state index in [9.17, 15) is 9.59 Å². The average Bonchev–Trinajstić information content (AvgIpc) is 2.81. The number of amides is 1. The van der Waals surface area contributed by atoms with Crippen LogP contribution in [0.3, 0.4) is 0 Å². The van der Waals surface area contributed by atoms with Crippen LogP contribution in [0.25, 0.3) is 0 Å². The van der Waals surface area contributed by atoms with E-state index in [1.807, 2.05) is 6.07 Å². The van der Waals surface area contributed by atoms with Crippen molar-refractivity contribution in [2.75, 3.05) is 13.7 Å². The van der Waals surface area contributed by atoms with E-state index >= 15 is 0 Å². The molecule has 1 aliphatic heterocycles. The summed E-state index contributed by atoms with van der Waals surface area (Å²) in [5.74, 6) is -0.305. The van der Waals surface area contributed by atoms with Crippen molar-refractivity contribution < 1.29 is 19.1 Å². The Balaban J connectivity index is 2.27. The zero-order chi connectivity index (χ0) is 14.7. The first kappa shape index (κ1) is 14.7. The third-order valence-corrected chi connectivity index (χ3v) is 3.56. The number of carbonyl (C=O) groups is 2. The molecule has 2 unspecified atom stereocenters. The lowest BCUT2D eigenvalue weighted by atomic mass is 9.92. The summed E-state index contributed by atoms with van der Waals surface area (Å²) in [6.45, 7) is 2.01. The molecule has 108 valence electrons. The molecule has 0 radical (unpaired) electrons. The lowest BCUT2D eigenvalue weighted by Gasteiger charge is -2.18. The van der Waals surface area contributed by atoms with Crippen LogP contribution in [0.15, 0.2) is 18.2 Å². The molecule has 1 N–H and O–H groups in total. The Morgan fingerprint density at radius 3 is 2.85 bits per heavy atom. The van der Waals surface area contributed by atoms with E-state index in [1.54, 1.807) is 19.1 Å². The minimum Gasteiger partial charge on any atom is -0.495 e. The van der Waals surface area contributed by atoms with Crippen molar-refractivity contribution in [2.45, 2.75) is 25.3 Å². The third-order valence-electron chi connectivity index (χ3n) is 3.27. The summed E-state index contributed by atoms with van der Waals surface area (Å²) >= 11 is 6.09. The molecule has 5 nitrogen and oxygen atoms in total. The minimum absolute atomic E-state index is 0.167. The van der Waals surface area contributed by atoms with Crippen molar-refractivity contribution in [1.82, 2.24) is 5.32 Å². The molecule has 1 aliphatic rings. The van der Waals surface area contributed by atoms with E-state index in [2.05, 4.69) is 5.32 Å². The molecule has 1 heterocycles. The van der Waals surface area contributed by atoms with E-state index in [-0.39, 0.29) is 24.9 Å². The first-order valence-corrected chi connectivity index (χ1v) is 6.74. The summed E-state index contributed by atoms with van der Waals surface area (Å²) in [5.41, 5.74) is 0.812. The molecule has 0 saturated carbocycles. The fraction of sp³-hybridized carbons (Fsp3) is 0.429. The highest BCUT2D eigenvalue weighted by molar-refractivity contribution is 6.32. The zero-order valence-electron chi connectivity index (χ0n) is 11.3. The van der Waals surface area contributed by atoms with Gasteiger partial charge in [0.05, 0.1) is 18.7 Å². The number of esters is 1. The van der Waals surface area contributed by atoms with Crippen LogP contribution in [-0.4, -0.2) is 31.6 Å². The second-order valence-corrected chi connectivity index (χ2v) is 4.91. The number of carbonyl (C=O) groups excluding carboxylic acids is 2. The molecule has 1 saturated heterocycles. The molecule has 1 amide bonds. The van der Waals surface area contributed by atoms with Gasteiger partial charge in [0, 0.05) is 12.3 Å². The second-order valence-electron chi connectivity index (χ2n) is 4.50. The molecule has 2 atom stereocenters. The van der Waals surface area contributed by atoms with Crippen LogP contribution < -0.4 is 10.1 Å². The van der Waals surface area contributed by atoms with Gasteiger partial charge in [0.25, 0.3) is 0 Å². The number of benzene rings is 1. The molecular weight excluding hydrogens is 282 g/mol. The van der Waals surface area contributed by atoms with Crippen molar-refractivity contribution in [1.29, 1.82) is 0 Å². The van der Waals surface area contributed by atoms with Gasteiger partial charge in [-0.05, 0) is 24.6 Å². The van der Waals surface area contributed by atoms with Crippen molar-refractivity contribution in [3.63, 3.8) is 0 Å². The normalized spacial score (nSPS) is 21.4. The van der Waals surface area contributed by atoms with Gasteiger partial charge in [-0.2, -0.15) is 0 Å². The minimum atomic E-state index is -0.660. The SMILES string of the molecule is CCOC(=O)C1NC(=O)CC1c1ccc(OC)c(Cl)c1. The fourth-order valence-corrected chi connectivity index (χ4v) is 2.60. The van der Waals surface area contributed by atoms with Gasteiger partial charge >= 0.3 is 5.97 Å². The molecule has 0 spiro atoms. The highest BCUT2D eigenvalue weighted by Crippen LogP contribution is 2.34. The number of rotatable bonds is 4. The van der Waals surface area contributed by atoms with E-state index in [1.165, 1.54) is 7.11 Å². The largest absolute Gasteiger partial charge is 0.495 e. The smallest absolute Gasteiger partial charge is 0.329 e. The maximum atomic E-state index is 11.9. The van der Waals surface area contributed by atoms with E-state index in [0.29, 0.717) is 10.8 Å². The summed E-state index contributed by atoms with van der Waals surface area (Å²) in [6.07, 6.45) is 0.242. The standard InChI is InChI=1S/C14H16ClNO4/c1-3-20-14(18)13-9(7-12(17)16-13)8-4-5-11(19-2)10(15)6-8/h4-6,9,13H,3,7H2,1-2H3,(H,16,17). The van der Waals surface area contributed by atoms with Gasteiger partial charge in [-0.3, -0.25) is 4.79 Å². The highest BCUT2D eigenvalue weighted by Gasteiger charge is 2.39. The van der Waals surface area contributed by atoms with Crippen molar-refractivity contribution >= 4 is 23.5 Å². The monoisotopic (exact) mass is 297 g/mol. The molecule has 0 aromatic heterocycles. The Labute approximate surface area is 122 Å². The van der Waals surface area contributed by atoms with Crippen molar-refractivity contribution in [3.8, 4) is 5.75 Å². The van der Waals surface area contributed by atoms with Crippen molar-refractivity contribution in [3.05, 3.63) is 28.8 Å². The van der Waals surface area contributed by atoms with Gasteiger partial charge in [-0.25, -0.2) is 4.79 Å². The Morgan fingerprint density at radius 1 is 1.50 bits per heavy atom. The summed E-state index contributed by atoms with van der Waals surface area (Å²) in [7, 11) is 1.53. The topological polar surface area (TPSA) is 64.6 Å². The predicted octanol–water partition coefficient (Wildman–Crippen LogP) is 1.88. The Hall–Kier alpha value is -1.75. The predicted molar refractivity (Wildman–Crippen MR) is 73.9 cm³/mol. The van der Waals surface area contributed by atoms with Crippen molar-refractivity contribution in [2.24, 2.45) is 0 Å². The molecule has 1 fully saturated rings. The number of hydrogen-bond donors (Lipinski definition) is 1. The van der Waals surface area contributed by atoms with Gasteiger partial charge in [-0.1, -0.05) is 17.7 Å². The van der Waals surface area contributed by atoms with Crippen LogP contribution in [0.1, 0.15) is 24.8 Å². The lowest BCUT2D eigenvalue weighted by Crippen LogP contribution is -2.37. The molecule has 1 aromatic rings. The Morgan fingerprint density at radius 2 is 2.25 bits per heavy atom. The van der Waals surface area contributed by atoms with Crippen LogP contribution in [0.4, 0.5) is 0 Å². The van der Waals surface area contributed by atoms with Crippen LogP contribution in [0, 0.1) is 0 Å². The highest BCUT2D eigenvalue weighted by atomic mass is 35.5. The maximum absolute atomic E-state index is 11.9. The molecule has 6 heteroatoms. The summed E-state index contributed by atoms with van der Waals surface area (Å²) in [5, 5.41) is 3.10. The van der Waals surface area contributed by atoms with Crippen LogP contribution >= 0.6 is 11.6 Å². The number of methoxy groups -OCH3 is 1. The second kappa shape index (κ2) is 6.13. The van der Waals surface area contributed by atoms with E-state index in [0.717, 1.165) is 5.56 Å². The van der Waals surface area contributed by atoms with Crippen LogP contribution in [0.5, 0.6) is 5.75 Å². The van der Waals surface area contributed by atoms with Gasteiger partial charge in [0.1, 0.15) is 11.8 Å². The van der Waals surface area contributed by atoms with Gasteiger partial charge in [0.15, 0.2) is 0 Å². The summed E-state index contributed by atoms with van der Waals surface area (Å²) in [6, 6.07) is 4.59. The van der Waals surface area contributed by atoms with Crippen LogP contribution in [-0.2, 0) is 14.3 Å². The zero-order valence-corrected chi connectivity index (χ0v) is 12.1. The summed E-state index contributed by atoms with van der Waals surface area (Å²) in [4.78, 5) is 23.5.